The molecule has 5 nitrogen and oxygen atoms in total. The van der Waals surface area contributed by atoms with Crippen LogP contribution in [0.1, 0.15) is 27.7 Å². The minimum absolute atomic E-state index is 0. The molecule has 0 rings (SSSR count). The van der Waals surface area contributed by atoms with Gasteiger partial charge in [0.2, 0.25) is 0 Å². The summed E-state index contributed by atoms with van der Waals surface area (Å²) in [7, 11) is 0. The summed E-state index contributed by atoms with van der Waals surface area (Å²) >= 11 is 0. The predicted molar refractivity (Wildman–Crippen MR) is 52.4 cm³/mol. The third kappa shape index (κ3) is 1110. The van der Waals surface area contributed by atoms with Crippen molar-refractivity contribution in [3.63, 3.8) is 0 Å². The second-order valence-electron chi connectivity index (χ2n) is 1.70. The lowest BCUT2D eigenvalue weighted by Crippen LogP contribution is -2.09. The number of hydrogen-bond donors (Lipinski definition) is 2. The Morgan fingerprint density at radius 2 is 1.62 bits per heavy atom. The van der Waals surface area contributed by atoms with Crippen LogP contribution in [-0.4, -0.2) is 29.6 Å². The highest BCUT2D eigenvalue weighted by Gasteiger charge is 1.65. The van der Waals surface area contributed by atoms with Crippen molar-refractivity contribution in [2.45, 2.75) is 27.7 Å². The second-order valence-corrected chi connectivity index (χ2v) is 1.70. The molecule has 0 saturated heterocycles. The summed E-state index contributed by atoms with van der Waals surface area (Å²) in [4.78, 5) is 9.00. The van der Waals surface area contributed by atoms with Crippen molar-refractivity contribution in [2.24, 2.45) is 0 Å². The average molecular weight is 192 g/mol. The van der Waals surface area contributed by atoms with E-state index in [9.17, 15) is 0 Å². The summed E-state index contributed by atoms with van der Waals surface area (Å²) in [5.41, 5.74) is 0. The largest absolute Gasteiger partial charge is 0.481 e. The summed E-state index contributed by atoms with van der Waals surface area (Å²) in [6, 6.07) is 1.75. The predicted octanol–water partition coefficient (Wildman–Crippen LogP) is 0.412. The number of carboxylic acid groups (broad SMARTS) is 1. The number of carboxylic acids is 1. The zero-order chi connectivity index (χ0) is 10.4. The van der Waals surface area contributed by atoms with Gasteiger partial charge < -0.3 is 15.9 Å². The van der Waals surface area contributed by atoms with Crippen LogP contribution in [0, 0.1) is 11.3 Å². The molecule has 0 aliphatic rings. The molecule has 0 amide bonds. The zero-order valence-electron chi connectivity index (χ0n) is 8.72. The third-order valence-corrected chi connectivity index (χ3v) is 0.500. The molecular formula is C8H20N2O3. The fourth-order valence-electron chi connectivity index (χ4n) is 0.250. The highest BCUT2D eigenvalue weighted by Crippen LogP contribution is 1.47. The number of hydrogen-bond acceptors (Lipinski definition) is 3. The van der Waals surface area contributed by atoms with Gasteiger partial charge in [0.05, 0.1) is 6.07 Å². The van der Waals surface area contributed by atoms with Crippen LogP contribution in [0.2, 0.25) is 0 Å². The first kappa shape index (κ1) is 22.6. The van der Waals surface area contributed by atoms with Gasteiger partial charge in [0, 0.05) is 13.8 Å². The van der Waals surface area contributed by atoms with E-state index in [-0.39, 0.29) is 5.48 Å². The van der Waals surface area contributed by atoms with Crippen LogP contribution in [0.5, 0.6) is 0 Å². The van der Waals surface area contributed by atoms with Crippen molar-refractivity contribution in [1.29, 1.82) is 5.26 Å². The van der Waals surface area contributed by atoms with Crippen LogP contribution >= 0.6 is 0 Å². The van der Waals surface area contributed by atoms with Crippen LogP contribution < -0.4 is 5.32 Å². The van der Waals surface area contributed by atoms with Gasteiger partial charge in [-0.25, -0.2) is 0 Å². The Kier molecular flexibility index (Phi) is 53.5. The topological polar surface area (TPSA) is 105 Å². The van der Waals surface area contributed by atoms with Gasteiger partial charge in [-0.2, -0.15) is 5.26 Å². The van der Waals surface area contributed by atoms with Gasteiger partial charge in [-0.3, -0.25) is 4.79 Å². The Morgan fingerprint density at radius 1 is 1.46 bits per heavy atom. The normalized spacial score (nSPS) is 5.77. The van der Waals surface area contributed by atoms with Crippen molar-refractivity contribution in [3.8, 4) is 6.07 Å². The number of aliphatic carboxylic acids is 1. The molecular weight excluding hydrogens is 172 g/mol. The van der Waals surface area contributed by atoms with Crippen LogP contribution in [0.25, 0.3) is 0 Å². The summed E-state index contributed by atoms with van der Waals surface area (Å²) in [6.45, 7) is 8.90. The molecule has 0 radical (unpaired) electrons. The lowest BCUT2D eigenvalue weighted by atomic mass is 10.7. The van der Waals surface area contributed by atoms with E-state index in [2.05, 4.69) is 19.2 Å². The molecule has 0 aliphatic heterocycles. The van der Waals surface area contributed by atoms with E-state index in [1.165, 1.54) is 6.92 Å². The Hall–Kier alpha value is -1.12. The second kappa shape index (κ2) is 30.7. The number of carbonyl (C=O) groups is 1. The first-order valence-corrected chi connectivity index (χ1v) is 3.77. The standard InChI is InChI=1S/C4H11N.C2H3N.C2H4O2.H2O/c1-3-5-4-2;1-2-3;1-2(3)4;/h5H,3-4H2,1-2H3;1H3;1H3,(H,3,4);1H2. The quantitative estimate of drug-likeness (QED) is 0.661. The SMILES string of the molecule is CC#N.CC(=O)O.CCNCC.O. The van der Waals surface area contributed by atoms with E-state index >= 15 is 0 Å². The minimum Gasteiger partial charge on any atom is -0.481 e. The fraction of sp³-hybridized carbons (Fsp3) is 0.750. The van der Waals surface area contributed by atoms with Crippen LogP contribution in [0.4, 0.5) is 0 Å². The monoisotopic (exact) mass is 192 g/mol. The summed E-state index contributed by atoms with van der Waals surface area (Å²) in [5, 5.41) is 17.8. The van der Waals surface area contributed by atoms with E-state index in [0.717, 1.165) is 20.0 Å². The Balaban J connectivity index is -0.0000000465. The summed E-state index contributed by atoms with van der Waals surface area (Å²) in [6.07, 6.45) is 0. The molecule has 0 unspecified atom stereocenters. The molecule has 0 atom stereocenters. The van der Waals surface area contributed by atoms with Gasteiger partial charge in [0.1, 0.15) is 0 Å². The summed E-state index contributed by atoms with van der Waals surface area (Å²) in [5.74, 6) is -0.833. The van der Waals surface area contributed by atoms with Crippen molar-refractivity contribution in [2.75, 3.05) is 13.1 Å². The van der Waals surface area contributed by atoms with Crippen molar-refractivity contribution in [3.05, 3.63) is 0 Å². The highest BCUT2D eigenvalue weighted by atomic mass is 16.4. The molecule has 0 bridgehead atoms. The molecule has 0 heterocycles. The molecule has 80 valence electrons. The third-order valence-electron chi connectivity index (χ3n) is 0.500. The smallest absolute Gasteiger partial charge is 0.300 e. The number of nitriles is 1. The van der Waals surface area contributed by atoms with E-state index < -0.39 is 5.97 Å². The van der Waals surface area contributed by atoms with Crippen molar-refractivity contribution >= 4 is 5.97 Å². The Morgan fingerprint density at radius 3 is 1.62 bits per heavy atom. The molecule has 0 spiro atoms. The van der Waals surface area contributed by atoms with E-state index in [4.69, 9.17) is 15.2 Å². The summed E-state index contributed by atoms with van der Waals surface area (Å²) < 4.78 is 0. The first-order valence-electron chi connectivity index (χ1n) is 3.77. The van der Waals surface area contributed by atoms with E-state index in [1.54, 1.807) is 6.07 Å². The maximum absolute atomic E-state index is 9.00. The van der Waals surface area contributed by atoms with Gasteiger partial charge in [-0.05, 0) is 13.1 Å². The molecule has 0 fully saturated rings. The first-order chi connectivity index (χ1) is 5.56. The average Bonchev–Trinajstić information content (AvgIpc) is 1.89. The molecule has 0 saturated carbocycles. The molecule has 0 aliphatic carbocycles. The Bertz CT molecular complexity index is 115. The lowest BCUT2D eigenvalue weighted by Gasteiger charge is -1.86. The maximum atomic E-state index is 9.00. The zero-order valence-corrected chi connectivity index (χ0v) is 8.72. The highest BCUT2D eigenvalue weighted by molar-refractivity contribution is 5.62. The number of rotatable bonds is 2. The molecule has 0 aromatic carbocycles. The molecule has 0 aromatic rings. The van der Waals surface area contributed by atoms with Gasteiger partial charge in [0.25, 0.3) is 5.97 Å². The van der Waals surface area contributed by atoms with Gasteiger partial charge in [-0.1, -0.05) is 13.8 Å². The fourth-order valence-corrected chi connectivity index (χ4v) is 0.250. The van der Waals surface area contributed by atoms with Crippen molar-refractivity contribution < 1.29 is 15.4 Å². The van der Waals surface area contributed by atoms with Crippen molar-refractivity contribution in [1.82, 2.24) is 5.32 Å². The lowest BCUT2D eigenvalue weighted by molar-refractivity contribution is -0.134. The van der Waals surface area contributed by atoms with E-state index in [1.807, 2.05) is 0 Å². The maximum Gasteiger partial charge on any atom is 0.300 e. The van der Waals surface area contributed by atoms with Crippen LogP contribution in [0.15, 0.2) is 0 Å². The van der Waals surface area contributed by atoms with Gasteiger partial charge in [0.15, 0.2) is 0 Å². The van der Waals surface area contributed by atoms with Crippen LogP contribution in [0.3, 0.4) is 0 Å². The number of nitrogens with zero attached hydrogens (tertiary/aromatic N) is 1. The van der Waals surface area contributed by atoms with E-state index in [0.29, 0.717) is 0 Å². The molecule has 13 heavy (non-hydrogen) atoms. The minimum atomic E-state index is -0.833. The molecule has 5 heteroatoms. The number of nitrogens with one attached hydrogen (secondary N) is 1. The van der Waals surface area contributed by atoms with Gasteiger partial charge in [-0.15, -0.1) is 0 Å². The van der Waals surface area contributed by atoms with Gasteiger partial charge >= 0.3 is 0 Å². The molecule has 0 aromatic heterocycles. The molecule has 4 N–H and O–H groups in total. The van der Waals surface area contributed by atoms with Crippen LogP contribution in [-0.2, 0) is 4.79 Å². The Labute approximate surface area is 79.7 Å².